The lowest BCUT2D eigenvalue weighted by Crippen LogP contribution is -2.64. The van der Waals surface area contributed by atoms with Gasteiger partial charge in [-0.3, -0.25) is 19.6 Å². The number of urea groups is 1. The molecule has 0 saturated carbocycles. The fourth-order valence-corrected chi connectivity index (χ4v) is 6.14. The molecule has 1 aliphatic carbocycles. The van der Waals surface area contributed by atoms with Gasteiger partial charge in [-0.1, -0.05) is 42.8 Å². The van der Waals surface area contributed by atoms with Crippen LogP contribution >= 0.6 is 0 Å². The number of alkyl halides is 3. The summed E-state index contributed by atoms with van der Waals surface area (Å²) in [5, 5.41) is 2.93. The van der Waals surface area contributed by atoms with E-state index in [1.54, 1.807) is 6.07 Å². The first-order valence-electron chi connectivity index (χ1n) is 12.3. The number of benzene rings is 2. The number of nitrogens with zero attached hydrogens (tertiary/aromatic N) is 3. The molecule has 196 valence electrons. The largest absolute Gasteiger partial charge is 0.416 e. The van der Waals surface area contributed by atoms with Crippen LogP contribution < -0.4 is 5.32 Å². The highest BCUT2D eigenvalue weighted by atomic mass is 19.4. The molecule has 4 unspecified atom stereocenters. The van der Waals surface area contributed by atoms with E-state index in [-0.39, 0.29) is 18.4 Å². The van der Waals surface area contributed by atoms with Crippen LogP contribution in [0.2, 0.25) is 0 Å². The fraction of sp³-hybridized carbons (Fsp3) is 0.321. The van der Waals surface area contributed by atoms with Crippen LogP contribution in [0.25, 0.3) is 0 Å². The molecule has 38 heavy (non-hydrogen) atoms. The number of rotatable bonds is 2. The van der Waals surface area contributed by atoms with E-state index in [1.807, 2.05) is 26.8 Å². The molecule has 2 aromatic carbocycles. The predicted octanol–water partition coefficient (Wildman–Crippen LogP) is 5.72. The summed E-state index contributed by atoms with van der Waals surface area (Å²) in [4.78, 5) is 34.7. The molecule has 0 bridgehead atoms. The average molecular weight is 525 g/mol. The van der Waals surface area contributed by atoms with Crippen molar-refractivity contribution < 1.29 is 27.2 Å². The molecule has 10 heteroatoms. The number of amides is 3. The molecule has 2 aromatic rings. The van der Waals surface area contributed by atoms with E-state index < -0.39 is 41.1 Å². The number of hydrogen-bond acceptors (Lipinski definition) is 3. The Bertz CT molecular complexity index is 1480. The second kappa shape index (κ2) is 8.02. The molecule has 6 rings (SSSR count). The second-order valence-corrected chi connectivity index (χ2v) is 10.3. The van der Waals surface area contributed by atoms with Gasteiger partial charge in [-0.05, 0) is 49.2 Å². The molecule has 1 saturated heterocycles. The Labute approximate surface area is 216 Å². The summed E-state index contributed by atoms with van der Waals surface area (Å²) in [7, 11) is 0. The van der Waals surface area contributed by atoms with Gasteiger partial charge in [0, 0.05) is 11.6 Å². The number of fused-ring (bicyclic) bond motifs is 2. The molecular formula is C28H24F4N4O2. The fourth-order valence-electron chi connectivity index (χ4n) is 6.14. The van der Waals surface area contributed by atoms with Crippen LogP contribution in [-0.2, 0) is 11.0 Å². The van der Waals surface area contributed by atoms with E-state index in [1.165, 1.54) is 40.1 Å². The van der Waals surface area contributed by atoms with Crippen molar-refractivity contribution in [3.8, 4) is 0 Å². The molecular weight excluding hydrogens is 500 g/mol. The average Bonchev–Trinajstić information content (AvgIpc) is 3.27. The number of carbonyl (C=O) groups excluding carboxylic acids is 2. The van der Waals surface area contributed by atoms with Crippen molar-refractivity contribution in [1.29, 1.82) is 0 Å². The summed E-state index contributed by atoms with van der Waals surface area (Å²) in [6.07, 6.45) is -2.49. The minimum absolute atomic E-state index is 0.143. The number of halogens is 4. The van der Waals surface area contributed by atoms with E-state index in [2.05, 4.69) is 5.32 Å². The lowest BCUT2D eigenvalue weighted by Gasteiger charge is -2.53. The van der Waals surface area contributed by atoms with Gasteiger partial charge in [-0.2, -0.15) is 13.2 Å². The predicted molar refractivity (Wildman–Crippen MR) is 131 cm³/mol. The first-order valence-corrected chi connectivity index (χ1v) is 12.3. The minimum atomic E-state index is -4.50. The Morgan fingerprint density at radius 2 is 1.79 bits per heavy atom. The Balaban J connectivity index is 1.57. The van der Waals surface area contributed by atoms with Gasteiger partial charge < -0.3 is 5.32 Å². The van der Waals surface area contributed by atoms with E-state index in [9.17, 15) is 27.2 Å². The first-order chi connectivity index (χ1) is 17.9. The number of amidine groups is 1. The third-order valence-corrected chi connectivity index (χ3v) is 8.04. The smallest absolute Gasteiger partial charge is 0.326 e. The van der Waals surface area contributed by atoms with Gasteiger partial charge in [0.1, 0.15) is 24.2 Å². The van der Waals surface area contributed by atoms with Crippen LogP contribution in [0.3, 0.4) is 0 Å². The number of nitrogens with one attached hydrogen (secondary N) is 1. The van der Waals surface area contributed by atoms with E-state index in [4.69, 9.17) is 4.99 Å². The highest BCUT2D eigenvalue weighted by Crippen LogP contribution is 2.56. The van der Waals surface area contributed by atoms with Crippen molar-refractivity contribution in [2.45, 2.75) is 39.0 Å². The summed E-state index contributed by atoms with van der Waals surface area (Å²) in [6.45, 7) is 5.62. The maximum absolute atomic E-state index is 14.4. The first kappa shape index (κ1) is 24.4. The maximum atomic E-state index is 14.4. The third kappa shape index (κ3) is 3.35. The van der Waals surface area contributed by atoms with Gasteiger partial charge in [-0.25, -0.2) is 9.18 Å². The topological polar surface area (TPSA) is 65.0 Å². The van der Waals surface area contributed by atoms with Crippen molar-refractivity contribution in [2.24, 2.45) is 16.3 Å². The number of carbonyl (C=O) groups is 2. The van der Waals surface area contributed by atoms with Crippen LogP contribution in [0.5, 0.6) is 0 Å². The van der Waals surface area contributed by atoms with Gasteiger partial charge in [-0.15, -0.1) is 0 Å². The summed E-state index contributed by atoms with van der Waals surface area (Å²) in [5.74, 6) is -0.556. The quantitative estimate of drug-likeness (QED) is 0.404. The van der Waals surface area contributed by atoms with E-state index in [0.29, 0.717) is 28.4 Å². The number of allylic oxidation sites excluding steroid dienone is 1. The van der Waals surface area contributed by atoms with Crippen LogP contribution in [-0.4, -0.2) is 34.1 Å². The Morgan fingerprint density at radius 3 is 2.45 bits per heavy atom. The van der Waals surface area contributed by atoms with E-state index >= 15 is 0 Å². The van der Waals surface area contributed by atoms with Crippen molar-refractivity contribution in [1.82, 2.24) is 15.1 Å². The summed E-state index contributed by atoms with van der Waals surface area (Å²) in [5.41, 5.74) is 1.42. The van der Waals surface area contributed by atoms with Gasteiger partial charge >= 0.3 is 12.2 Å². The Morgan fingerprint density at radius 1 is 1.08 bits per heavy atom. The molecule has 3 aliphatic heterocycles. The van der Waals surface area contributed by atoms with Crippen molar-refractivity contribution in [3.63, 3.8) is 0 Å². The lowest BCUT2D eigenvalue weighted by molar-refractivity contribution is -0.137. The third-order valence-electron chi connectivity index (χ3n) is 8.04. The minimum Gasteiger partial charge on any atom is -0.326 e. The monoisotopic (exact) mass is 524 g/mol. The summed E-state index contributed by atoms with van der Waals surface area (Å²) in [6, 6.07) is 8.35. The normalized spacial score (nSPS) is 28.6. The number of hydrogen-bond donors (Lipinski definition) is 1. The molecule has 4 atom stereocenters. The molecule has 6 nitrogen and oxygen atoms in total. The van der Waals surface area contributed by atoms with Gasteiger partial charge in [0.25, 0.3) is 0 Å². The SMILES string of the molecule is CC1=CC(C)C2=C3N(CC(=O)N2)C(=O)N2C(=NC(c4ccc(C(F)(F)F)cc4)C2c2cccc(F)c2)C13C. The standard InChI is InChI=1S/C28H24F4N4O2/c1-14-11-15(2)27(3)24-21(14)33-20(37)13-35(24)26(38)36-23(17-5-4-6-19(29)12-17)22(34-25(27)36)16-7-9-18(10-8-16)28(30,31)32/h4-12,14,22-23H,13H2,1-3H3,(H,33,37). The Hall–Kier alpha value is -3.95. The molecule has 1 N–H and O–H groups in total. The lowest BCUT2D eigenvalue weighted by atomic mass is 9.69. The van der Waals surface area contributed by atoms with Gasteiger partial charge in [0.15, 0.2) is 0 Å². The maximum Gasteiger partial charge on any atom is 0.416 e. The summed E-state index contributed by atoms with van der Waals surface area (Å²) < 4.78 is 54.2. The van der Waals surface area contributed by atoms with Crippen LogP contribution in [0.15, 0.2) is 76.6 Å². The zero-order valence-electron chi connectivity index (χ0n) is 20.8. The number of aliphatic imine (C=N–C) groups is 1. The van der Waals surface area contributed by atoms with Gasteiger partial charge in [0.2, 0.25) is 5.91 Å². The van der Waals surface area contributed by atoms with Crippen molar-refractivity contribution >= 4 is 17.8 Å². The molecule has 3 heterocycles. The van der Waals surface area contributed by atoms with Crippen molar-refractivity contribution in [2.75, 3.05) is 6.54 Å². The van der Waals surface area contributed by atoms with Gasteiger partial charge in [0.05, 0.1) is 22.7 Å². The highest BCUT2D eigenvalue weighted by molar-refractivity contribution is 6.11. The molecule has 3 amide bonds. The van der Waals surface area contributed by atoms with Crippen LogP contribution in [0, 0.1) is 17.2 Å². The molecule has 0 aromatic heterocycles. The molecule has 0 spiro atoms. The second-order valence-electron chi connectivity index (χ2n) is 10.3. The van der Waals surface area contributed by atoms with E-state index in [0.717, 1.165) is 17.7 Å². The zero-order valence-corrected chi connectivity index (χ0v) is 20.8. The van der Waals surface area contributed by atoms with Crippen LogP contribution in [0.4, 0.5) is 22.4 Å². The highest BCUT2D eigenvalue weighted by Gasteiger charge is 2.60. The molecule has 0 radical (unpaired) electrons. The molecule has 4 aliphatic rings. The molecule has 1 fully saturated rings. The Kier molecular flexibility index (Phi) is 5.15. The summed E-state index contributed by atoms with van der Waals surface area (Å²) >= 11 is 0. The van der Waals surface area contributed by atoms with Crippen molar-refractivity contribution in [3.05, 3.63) is 94.1 Å². The zero-order chi connectivity index (χ0) is 27.1. The van der Waals surface area contributed by atoms with Crippen LogP contribution in [0.1, 0.15) is 49.5 Å².